The number of carbonyl (C=O) groups is 2. The molecule has 2 heterocycles. The van der Waals surface area contributed by atoms with Gasteiger partial charge in [0.05, 0.1) is 0 Å². The highest BCUT2D eigenvalue weighted by Crippen LogP contribution is 2.65. The third kappa shape index (κ3) is 2.04. The summed E-state index contributed by atoms with van der Waals surface area (Å²) < 4.78 is 10.8. The molecule has 0 radical (unpaired) electrons. The van der Waals surface area contributed by atoms with Gasteiger partial charge in [-0.3, -0.25) is 0 Å². The van der Waals surface area contributed by atoms with E-state index in [2.05, 4.69) is 26.8 Å². The van der Waals surface area contributed by atoms with Crippen LogP contribution in [0.15, 0.2) is 23.3 Å². The predicted molar refractivity (Wildman–Crippen MR) is 89.0 cm³/mol. The summed E-state index contributed by atoms with van der Waals surface area (Å²) >= 11 is 0. The van der Waals surface area contributed by atoms with Gasteiger partial charge in [0.1, 0.15) is 12.7 Å². The van der Waals surface area contributed by atoms with E-state index in [0.717, 1.165) is 43.3 Å². The molecule has 4 rings (SSSR count). The van der Waals surface area contributed by atoms with Gasteiger partial charge in [0, 0.05) is 17.1 Å². The Morgan fingerprint density at radius 2 is 2.08 bits per heavy atom. The van der Waals surface area contributed by atoms with Crippen molar-refractivity contribution in [2.45, 2.75) is 59.0 Å². The second-order valence-electron chi connectivity index (χ2n) is 8.48. The zero-order chi connectivity index (χ0) is 17.1. The van der Waals surface area contributed by atoms with Gasteiger partial charge < -0.3 is 9.47 Å². The Morgan fingerprint density at radius 1 is 1.29 bits per heavy atom. The second kappa shape index (κ2) is 5.21. The average molecular weight is 330 g/mol. The lowest BCUT2D eigenvalue weighted by Gasteiger charge is -2.57. The van der Waals surface area contributed by atoms with Crippen molar-refractivity contribution in [3.05, 3.63) is 23.3 Å². The maximum atomic E-state index is 12.3. The molecule has 0 unspecified atom stereocenters. The quantitative estimate of drug-likeness (QED) is 0.743. The highest BCUT2D eigenvalue weighted by atomic mass is 16.6. The van der Waals surface area contributed by atoms with Gasteiger partial charge in [-0.25, -0.2) is 9.59 Å². The Bertz CT molecular complexity index is 661. The van der Waals surface area contributed by atoms with Crippen molar-refractivity contribution in [2.24, 2.45) is 22.7 Å². The highest BCUT2D eigenvalue weighted by Gasteiger charge is 2.64. The Hall–Kier alpha value is -1.58. The number of esters is 2. The van der Waals surface area contributed by atoms with Crippen LogP contribution in [0.25, 0.3) is 0 Å². The van der Waals surface area contributed by atoms with Gasteiger partial charge in [0.15, 0.2) is 0 Å². The molecular formula is C20H26O4. The predicted octanol–water partition coefficient (Wildman–Crippen LogP) is 3.56. The normalized spacial score (nSPS) is 43.7. The first-order valence-corrected chi connectivity index (χ1v) is 9.13. The Labute approximate surface area is 143 Å². The molecule has 0 aromatic carbocycles. The van der Waals surface area contributed by atoms with Gasteiger partial charge >= 0.3 is 11.9 Å². The van der Waals surface area contributed by atoms with Crippen LogP contribution in [0.1, 0.15) is 52.9 Å². The maximum Gasteiger partial charge on any atom is 0.334 e. The van der Waals surface area contributed by atoms with Crippen LogP contribution in [0.3, 0.4) is 0 Å². The molecule has 1 saturated carbocycles. The van der Waals surface area contributed by atoms with E-state index in [-0.39, 0.29) is 28.9 Å². The van der Waals surface area contributed by atoms with Gasteiger partial charge in [0.2, 0.25) is 0 Å². The first kappa shape index (κ1) is 15.9. The van der Waals surface area contributed by atoms with Crippen LogP contribution in [0, 0.1) is 22.7 Å². The van der Waals surface area contributed by atoms with Crippen LogP contribution in [0.5, 0.6) is 0 Å². The summed E-state index contributed by atoms with van der Waals surface area (Å²) in [6.07, 6.45) is 8.73. The summed E-state index contributed by atoms with van der Waals surface area (Å²) in [5.74, 6) is 0.631. The number of carbonyl (C=O) groups excluding carboxylic acids is 2. The van der Waals surface area contributed by atoms with Gasteiger partial charge in [-0.15, -0.1) is 0 Å². The van der Waals surface area contributed by atoms with Crippen LogP contribution in [-0.4, -0.2) is 24.6 Å². The lowest BCUT2D eigenvalue weighted by molar-refractivity contribution is -0.148. The van der Waals surface area contributed by atoms with Crippen LogP contribution >= 0.6 is 0 Å². The highest BCUT2D eigenvalue weighted by molar-refractivity contribution is 5.93. The van der Waals surface area contributed by atoms with E-state index in [4.69, 9.17) is 9.47 Å². The SMILES string of the molecule is C[C@@H]1C[C@@H]2OC(=O)C3=CCC[C@H]([C@@]1(C)CCC1=CC(=O)OC1)[C@@]32C. The fourth-order valence-electron chi connectivity index (χ4n) is 5.77. The van der Waals surface area contributed by atoms with Crippen molar-refractivity contribution in [1.82, 2.24) is 0 Å². The van der Waals surface area contributed by atoms with Gasteiger partial charge in [0.25, 0.3) is 0 Å². The van der Waals surface area contributed by atoms with E-state index in [1.165, 1.54) is 0 Å². The van der Waals surface area contributed by atoms with Crippen molar-refractivity contribution in [1.29, 1.82) is 0 Å². The molecule has 0 aromatic rings. The average Bonchev–Trinajstić information content (AvgIpc) is 3.06. The third-order valence-corrected chi connectivity index (χ3v) is 7.44. The van der Waals surface area contributed by atoms with E-state index in [1.54, 1.807) is 6.08 Å². The zero-order valence-electron chi connectivity index (χ0n) is 14.8. The molecule has 5 atom stereocenters. The minimum atomic E-state index is -0.212. The summed E-state index contributed by atoms with van der Waals surface area (Å²) in [5.41, 5.74) is 2.02. The molecule has 0 amide bonds. The summed E-state index contributed by atoms with van der Waals surface area (Å²) in [7, 11) is 0. The summed E-state index contributed by atoms with van der Waals surface area (Å²) in [4.78, 5) is 23.6. The standard InChI is InChI=1S/C20H26O4/c1-12-9-16-20(3)14(18(22)24-16)5-4-6-15(20)19(12,2)8-7-13-10-17(21)23-11-13/h5,10,12,15-16H,4,6-9,11H2,1-3H3/t12-,15-,16+,19+,20-/m1/s1. The Balaban J connectivity index is 1.63. The third-order valence-electron chi connectivity index (χ3n) is 7.44. The summed E-state index contributed by atoms with van der Waals surface area (Å²) in [6, 6.07) is 0. The molecule has 0 N–H and O–H groups in total. The van der Waals surface area contributed by atoms with Gasteiger partial charge in [-0.1, -0.05) is 26.8 Å². The molecule has 2 fully saturated rings. The summed E-state index contributed by atoms with van der Waals surface area (Å²) in [5, 5.41) is 0. The van der Waals surface area contributed by atoms with E-state index in [0.29, 0.717) is 18.4 Å². The van der Waals surface area contributed by atoms with Crippen molar-refractivity contribution < 1.29 is 19.1 Å². The molecule has 4 nitrogen and oxygen atoms in total. The number of hydrogen-bond acceptors (Lipinski definition) is 4. The molecule has 130 valence electrons. The van der Waals surface area contributed by atoms with Crippen LogP contribution in [-0.2, 0) is 19.1 Å². The molecule has 2 aliphatic heterocycles. The topological polar surface area (TPSA) is 52.6 Å². The van der Waals surface area contributed by atoms with Crippen molar-refractivity contribution in [2.75, 3.05) is 6.61 Å². The molecule has 4 aliphatic rings. The second-order valence-corrected chi connectivity index (χ2v) is 8.48. The molecule has 0 bridgehead atoms. The zero-order valence-corrected chi connectivity index (χ0v) is 14.8. The van der Waals surface area contributed by atoms with Crippen molar-refractivity contribution in [3.8, 4) is 0 Å². The van der Waals surface area contributed by atoms with Gasteiger partial charge in [-0.05, 0) is 54.9 Å². The monoisotopic (exact) mass is 330 g/mol. The lowest BCUT2D eigenvalue weighted by atomic mass is 9.46. The van der Waals surface area contributed by atoms with E-state index >= 15 is 0 Å². The molecule has 2 aliphatic carbocycles. The number of cyclic esters (lactones) is 1. The number of allylic oxidation sites excluding steroid dienone is 1. The number of ether oxygens (including phenoxy) is 2. The van der Waals surface area contributed by atoms with Crippen LogP contribution in [0.4, 0.5) is 0 Å². The fourth-order valence-corrected chi connectivity index (χ4v) is 5.77. The van der Waals surface area contributed by atoms with Gasteiger partial charge in [-0.2, -0.15) is 0 Å². The van der Waals surface area contributed by atoms with Crippen molar-refractivity contribution >= 4 is 11.9 Å². The Morgan fingerprint density at radius 3 is 2.79 bits per heavy atom. The molecule has 4 heteroatoms. The van der Waals surface area contributed by atoms with E-state index in [9.17, 15) is 9.59 Å². The fraction of sp³-hybridized carbons (Fsp3) is 0.700. The largest absolute Gasteiger partial charge is 0.458 e. The van der Waals surface area contributed by atoms with E-state index < -0.39 is 0 Å². The van der Waals surface area contributed by atoms with E-state index in [1.807, 2.05) is 0 Å². The Kier molecular flexibility index (Phi) is 3.45. The van der Waals surface area contributed by atoms with Crippen LogP contribution in [0.2, 0.25) is 0 Å². The minimum absolute atomic E-state index is 0.0280. The smallest absolute Gasteiger partial charge is 0.334 e. The first-order chi connectivity index (χ1) is 11.4. The molecule has 0 aromatic heterocycles. The first-order valence-electron chi connectivity index (χ1n) is 9.13. The lowest BCUT2D eigenvalue weighted by Crippen LogP contribution is -2.54. The number of hydrogen-bond donors (Lipinski definition) is 0. The van der Waals surface area contributed by atoms with Crippen LogP contribution < -0.4 is 0 Å². The molecule has 24 heavy (non-hydrogen) atoms. The molecular weight excluding hydrogens is 304 g/mol. The summed E-state index contributed by atoms with van der Waals surface area (Å²) in [6.45, 7) is 7.37. The van der Waals surface area contributed by atoms with Crippen molar-refractivity contribution in [3.63, 3.8) is 0 Å². The maximum absolute atomic E-state index is 12.3. The minimum Gasteiger partial charge on any atom is -0.458 e. The molecule has 1 saturated heterocycles. The number of rotatable bonds is 3. The molecule has 0 spiro atoms.